The first kappa shape index (κ1) is 58.9. The number of methoxy groups -OCH3 is 1. The molecule has 2 aromatic carbocycles. The smallest absolute Gasteiger partial charge is 0.347 e. The molecule has 0 aromatic heterocycles. The van der Waals surface area contributed by atoms with Gasteiger partial charge in [0.15, 0.2) is 18.0 Å². The second kappa shape index (κ2) is 23.9. The maximum absolute atomic E-state index is 15.5. The molecule has 2 aromatic rings. The lowest BCUT2D eigenvalue weighted by molar-refractivity contribution is -0.388. The predicted molar refractivity (Wildman–Crippen MR) is 265 cm³/mol. The number of esters is 5. The van der Waals surface area contributed by atoms with Gasteiger partial charge in [-0.15, -0.1) is 0 Å². The Kier molecular flexibility index (Phi) is 19.8. The molecule has 2 aliphatic heterocycles. The van der Waals surface area contributed by atoms with E-state index in [0.717, 1.165) is 24.8 Å². The molecule has 2 heterocycles. The summed E-state index contributed by atoms with van der Waals surface area (Å²) in [6.07, 6.45) is 0.524. The Morgan fingerprint density at radius 3 is 1.86 bits per heavy atom. The second-order valence-corrected chi connectivity index (χ2v) is 22.5. The summed E-state index contributed by atoms with van der Waals surface area (Å²) in [7, 11) is 1.37. The highest BCUT2D eigenvalue weighted by atomic mass is 16.8. The van der Waals surface area contributed by atoms with Crippen LogP contribution in [-0.4, -0.2) is 106 Å². The lowest BCUT2D eigenvalue weighted by Gasteiger charge is -2.51. The Morgan fingerprint density at radius 2 is 1.31 bits per heavy atom. The van der Waals surface area contributed by atoms with E-state index in [4.69, 9.17) is 42.6 Å². The van der Waals surface area contributed by atoms with Gasteiger partial charge in [-0.3, -0.25) is 9.59 Å². The van der Waals surface area contributed by atoms with Gasteiger partial charge in [-0.25, -0.2) is 14.4 Å². The molecule has 0 aliphatic carbocycles. The molecule has 9 atom stereocenters. The van der Waals surface area contributed by atoms with Crippen molar-refractivity contribution >= 4 is 29.8 Å². The van der Waals surface area contributed by atoms with E-state index in [-0.39, 0.29) is 43.9 Å². The van der Waals surface area contributed by atoms with Crippen molar-refractivity contribution < 1.29 is 71.7 Å². The molecule has 15 heteroatoms. The van der Waals surface area contributed by atoms with Gasteiger partial charge < -0.3 is 47.7 Å². The number of ether oxygens (including phenoxy) is 9. The number of benzene rings is 2. The van der Waals surface area contributed by atoms with Crippen LogP contribution in [0.3, 0.4) is 0 Å². The van der Waals surface area contributed by atoms with Gasteiger partial charge in [-0.2, -0.15) is 0 Å². The number of allylic oxidation sites excluding steroid dienone is 2. The van der Waals surface area contributed by atoms with Crippen molar-refractivity contribution in [2.75, 3.05) is 7.11 Å². The molecule has 0 saturated carbocycles. The van der Waals surface area contributed by atoms with Crippen molar-refractivity contribution in [1.29, 1.82) is 0 Å². The molecule has 2 bridgehead atoms. The number of aryl methyl sites for hydroxylation is 1. The lowest BCUT2D eigenvalue weighted by atomic mass is 9.74. The average molecular weight is 995 g/mol. The Morgan fingerprint density at radius 1 is 0.746 bits per heavy atom. The third-order valence-electron chi connectivity index (χ3n) is 12.2. The first-order valence-electron chi connectivity index (χ1n) is 25.0. The van der Waals surface area contributed by atoms with Gasteiger partial charge in [0.2, 0.25) is 17.5 Å². The van der Waals surface area contributed by atoms with Crippen molar-refractivity contribution in [2.45, 2.75) is 219 Å². The molecule has 396 valence electrons. The summed E-state index contributed by atoms with van der Waals surface area (Å²) in [6, 6.07) is 20.0. The lowest BCUT2D eigenvalue weighted by Crippen LogP contribution is -2.79. The summed E-state index contributed by atoms with van der Waals surface area (Å²) in [5.41, 5.74) is -8.20. The van der Waals surface area contributed by atoms with E-state index in [1.807, 2.05) is 67.6 Å². The summed E-state index contributed by atoms with van der Waals surface area (Å²) < 4.78 is 56.0. The van der Waals surface area contributed by atoms with Crippen molar-refractivity contribution in [3.63, 3.8) is 0 Å². The highest BCUT2D eigenvalue weighted by Crippen LogP contribution is 2.58. The van der Waals surface area contributed by atoms with Gasteiger partial charge in [-0.05, 0) is 144 Å². The summed E-state index contributed by atoms with van der Waals surface area (Å²) in [6.45, 7) is 22.5. The fourth-order valence-electron chi connectivity index (χ4n) is 8.90. The zero-order chi connectivity index (χ0) is 53.2. The molecular formula is C56H82O15. The number of carbonyl (C=O) groups excluding carboxylic acids is 5. The largest absolute Gasteiger partial charge is 0.462 e. The van der Waals surface area contributed by atoms with Crippen LogP contribution in [-0.2, 0) is 79.4 Å². The minimum Gasteiger partial charge on any atom is -0.462 e. The van der Waals surface area contributed by atoms with Gasteiger partial charge in [0.25, 0.3) is 5.60 Å². The van der Waals surface area contributed by atoms with Crippen molar-refractivity contribution in [3.05, 3.63) is 83.9 Å². The molecule has 2 aliphatic rings. The molecule has 0 unspecified atom stereocenters. The minimum absolute atomic E-state index is 0.107. The monoisotopic (exact) mass is 995 g/mol. The molecule has 1 N–H and O–H groups in total. The number of carbonyl (C=O) groups is 5. The van der Waals surface area contributed by atoms with E-state index < -0.39 is 93.8 Å². The van der Waals surface area contributed by atoms with E-state index in [1.165, 1.54) is 40.4 Å². The maximum Gasteiger partial charge on any atom is 0.347 e. The summed E-state index contributed by atoms with van der Waals surface area (Å²) in [5.74, 6) is -9.39. The van der Waals surface area contributed by atoms with Crippen LogP contribution >= 0.6 is 0 Å². The first-order valence-corrected chi connectivity index (χ1v) is 25.0. The van der Waals surface area contributed by atoms with Crippen LogP contribution in [0.5, 0.6) is 0 Å². The molecule has 2 saturated heterocycles. The van der Waals surface area contributed by atoms with Crippen LogP contribution in [0, 0.1) is 11.8 Å². The van der Waals surface area contributed by atoms with Crippen molar-refractivity contribution in [2.24, 2.45) is 11.8 Å². The van der Waals surface area contributed by atoms with Gasteiger partial charge in [-0.1, -0.05) is 86.7 Å². The minimum atomic E-state index is -3.48. The Balaban J connectivity index is 1.89. The van der Waals surface area contributed by atoms with Crippen molar-refractivity contribution in [1.82, 2.24) is 0 Å². The third-order valence-corrected chi connectivity index (χ3v) is 12.2. The number of rotatable bonds is 23. The number of hydrogen-bond acceptors (Lipinski definition) is 15. The molecule has 15 nitrogen and oxygen atoms in total. The van der Waals surface area contributed by atoms with E-state index in [9.17, 15) is 19.5 Å². The number of hydrogen-bond donors (Lipinski definition) is 1. The topological polar surface area (TPSA) is 189 Å². The molecule has 0 amide bonds. The Hall–Kier alpha value is -4.67. The van der Waals surface area contributed by atoms with Crippen LogP contribution in [0.2, 0.25) is 0 Å². The molecule has 4 rings (SSSR count). The molecule has 2 fully saturated rings. The van der Waals surface area contributed by atoms with Crippen LogP contribution < -0.4 is 0 Å². The highest BCUT2D eigenvalue weighted by molar-refractivity contribution is 6.00. The Labute approximate surface area is 421 Å². The average Bonchev–Trinajstić information content (AvgIpc) is 3.47. The molecule has 0 radical (unpaired) electrons. The fraction of sp³-hybridized carbons (Fsp3) is 0.661. The van der Waals surface area contributed by atoms with Crippen molar-refractivity contribution in [3.8, 4) is 0 Å². The molecular weight excluding hydrogens is 913 g/mol. The van der Waals surface area contributed by atoms with Crippen LogP contribution in [0.25, 0.3) is 0 Å². The van der Waals surface area contributed by atoms with Gasteiger partial charge in [0.05, 0.1) is 0 Å². The van der Waals surface area contributed by atoms with Gasteiger partial charge in [0, 0.05) is 26.9 Å². The van der Waals surface area contributed by atoms with E-state index in [0.29, 0.717) is 6.42 Å². The highest BCUT2D eigenvalue weighted by Gasteiger charge is 2.87. The standard InChI is InChI=1S/C56H82O15/c1-37(27-24-32-40-28-18-16-19-29-40)26-22-23-34-43(58)65-45-44(66-53(13,14)63-15)54(35-25-33-42(64-39(3)57)38(2)36-41-30-20-17-21-31-41)67-46(47(59)68-50(4,5)6)55(62,48(60)69-51(7,8)9)56(45,71-54)49(61)70-52(10,11)12/h16-22,26,28-31,37-38,42,44-46,62H,23-25,27,32-36H2,1-15H3/b26-22+/t37-,38+,42+,44+,45+,46+,54-,55+,56-/m0/s1. The normalized spacial score (nSPS) is 24.9. The zero-order valence-electron chi connectivity index (χ0n) is 44.9. The SMILES string of the molecule is COC(C)(C)O[C@@H]1[C@@H](OC(=O)CC/C=C/[C@H](C)CCCc2ccccc2)[C@@]2(C(=O)OC(C)(C)C)O[C@]1(CCC[C@@H](OC(C)=O)[C@H](C)Cc1ccccc1)O[C@H](C(=O)OC(C)(C)C)[C@@]2(O)C(=O)OC(C)(C)C. The quantitative estimate of drug-likeness (QED) is 0.0480. The van der Waals surface area contributed by atoms with Crippen LogP contribution in [0.15, 0.2) is 72.8 Å². The molecule has 0 spiro atoms. The summed E-state index contributed by atoms with van der Waals surface area (Å²) >= 11 is 0. The van der Waals surface area contributed by atoms with Gasteiger partial charge in [0.1, 0.15) is 22.9 Å². The second-order valence-electron chi connectivity index (χ2n) is 22.5. The Bertz CT molecular complexity index is 2120. The van der Waals surface area contributed by atoms with E-state index >= 15 is 9.59 Å². The fourth-order valence-corrected chi connectivity index (χ4v) is 8.90. The summed E-state index contributed by atoms with van der Waals surface area (Å²) in [5, 5.41) is 13.5. The van der Waals surface area contributed by atoms with Crippen LogP contribution in [0.4, 0.5) is 0 Å². The van der Waals surface area contributed by atoms with Gasteiger partial charge >= 0.3 is 29.8 Å². The predicted octanol–water partition coefficient (Wildman–Crippen LogP) is 9.26. The number of fused-ring (bicyclic) bond motifs is 2. The van der Waals surface area contributed by atoms with E-state index in [2.05, 4.69) is 19.1 Å². The van der Waals surface area contributed by atoms with Crippen LogP contribution in [0.1, 0.15) is 153 Å². The third kappa shape index (κ3) is 15.9. The molecule has 71 heavy (non-hydrogen) atoms. The first-order chi connectivity index (χ1) is 32.9. The van der Waals surface area contributed by atoms with E-state index in [1.54, 1.807) is 55.4 Å². The summed E-state index contributed by atoms with van der Waals surface area (Å²) in [4.78, 5) is 72.2. The maximum atomic E-state index is 15.5. The number of aliphatic hydroxyl groups is 1. The zero-order valence-corrected chi connectivity index (χ0v) is 44.9.